The van der Waals surface area contributed by atoms with E-state index in [1.165, 1.54) is 13.8 Å². The van der Waals surface area contributed by atoms with Crippen molar-refractivity contribution in [3.8, 4) is 10.9 Å². The lowest BCUT2D eigenvalue weighted by atomic mass is 10.1. The highest BCUT2D eigenvalue weighted by molar-refractivity contribution is 7.17. The van der Waals surface area contributed by atoms with E-state index in [1.807, 2.05) is 6.92 Å². The van der Waals surface area contributed by atoms with E-state index in [1.54, 1.807) is 16.9 Å². The maximum Gasteiger partial charge on any atom is 0.385 e. The summed E-state index contributed by atoms with van der Waals surface area (Å²) in [6, 6.07) is 2.95. The van der Waals surface area contributed by atoms with E-state index in [-0.39, 0.29) is 23.1 Å². The molecule has 12 nitrogen and oxygen atoms in total. The predicted octanol–water partition coefficient (Wildman–Crippen LogP) is 1.27. The number of rotatable bonds is 7. The lowest BCUT2D eigenvalue weighted by Gasteiger charge is -2.19. The molecule has 0 fully saturated rings. The molecular weight excluding hydrogens is 404 g/mol. The number of nitrogens with one attached hydrogen (secondary N) is 2. The molecule has 0 saturated heterocycles. The second kappa shape index (κ2) is 7.98. The highest BCUT2D eigenvalue weighted by Crippen LogP contribution is 2.24. The van der Waals surface area contributed by atoms with Crippen LogP contribution in [0, 0.1) is 6.92 Å². The number of hydrogen-bond acceptors (Lipinski definition) is 11. The topological polar surface area (TPSA) is 165 Å². The van der Waals surface area contributed by atoms with Gasteiger partial charge in [-0.1, -0.05) is 11.3 Å². The predicted molar refractivity (Wildman–Crippen MR) is 103 cm³/mol. The van der Waals surface area contributed by atoms with Crippen molar-refractivity contribution in [1.29, 1.82) is 0 Å². The van der Waals surface area contributed by atoms with Crippen molar-refractivity contribution >= 4 is 28.1 Å². The molecule has 4 N–H and O–H groups in total. The Labute approximate surface area is 167 Å². The molecule has 3 aromatic heterocycles. The molecular formula is C16H18N6O6S. The molecule has 3 aromatic rings. The lowest BCUT2D eigenvalue weighted by Crippen LogP contribution is -2.30. The third-order valence-corrected chi connectivity index (χ3v) is 4.40. The highest BCUT2D eigenvalue weighted by Gasteiger charge is 2.21. The van der Waals surface area contributed by atoms with E-state index in [0.29, 0.717) is 5.13 Å². The number of carbonyl (C=O) groups is 1. The van der Waals surface area contributed by atoms with E-state index in [9.17, 15) is 14.7 Å². The van der Waals surface area contributed by atoms with Gasteiger partial charge in [-0.05, 0) is 26.8 Å². The van der Waals surface area contributed by atoms with Gasteiger partial charge in [0.25, 0.3) is 11.7 Å². The summed E-state index contributed by atoms with van der Waals surface area (Å²) < 4.78 is 6.44. The number of aliphatic hydroxyl groups is 1. The average Bonchev–Trinajstić information content (AvgIpc) is 3.27. The summed E-state index contributed by atoms with van der Waals surface area (Å²) in [6.07, 6.45) is 1.61. The van der Waals surface area contributed by atoms with Crippen molar-refractivity contribution in [3.05, 3.63) is 40.2 Å². The van der Waals surface area contributed by atoms with Gasteiger partial charge in [-0.15, -0.1) is 10.2 Å². The Hall–Kier alpha value is -3.29. The van der Waals surface area contributed by atoms with Crippen molar-refractivity contribution in [2.75, 3.05) is 17.2 Å². The van der Waals surface area contributed by atoms with Crippen LogP contribution < -0.4 is 21.1 Å². The van der Waals surface area contributed by atoms with Crippen molar-refractivity contribution in [3.63, 3.8) is 0 Å². The van der Waals surface area contributed by atoms with Crippen LogP contribution in [-0.2, 0) is 0 Å². The van der Waals surface area contributed by atoms with Crippen molar-refractivity contribution in [2.24, 2.45) is 0 Å². The zero-order chi connectivity index (χ0) is 21.2. The Morgan fingerprint density at radius 2 is 2.17 bits per heavy atom. The summed E-state index contributed by atoms with van der Waals surface area (Å²) in [7, 11) is 0. The van der Waals surface area contributed by atoms with Crippen LogP contribution in [0.15, 0.2) is 27.5 Å². The van der Waals surface area contributed by atoms with Crippen molar-refractivity contribution in [2.45, 2.75) is 26.4 Å². The highest BCUT2D eigenvalue weighted by atomic mass is 32.1. The number of carbonyl (C=O) groups excluding carboxylic acids is 1. The third kappa shape index (κ3) is 4.77. The van der Waals surface area contributed by atoms with Gasteiger partial charge in [0.15, 0.2) is 5.76 Å². The molecule has 29 heavy (non-hydrogen) atoms. The average molecular weight is 422 g/mol. The van der Waals surface area contributed by atoms with Crippen LogP contribution >= 0.6 is 11.3 Å². The minimum Gasteiger partial charge on any atom is -0.415 e. The minimum atomic E-state index is -1.13. The first-order valence-corrected chi connectivity index (χ1v) is 9.11. The molecule has 3 heterocycles. The molecule has 154 valence electrons. The van der Waals surface area contributed by atoms with Crippen LogP contribution in [0.1, 0.15) is 30.1 Å². The van der Waals surface area contributed by atoms with Gasteiger partial charge in [-0.2, -0.15) is 5.10 Å². The van der Waals surface area contributed by atoms with Crippen LogP contribution in [0.3, 0.4) is 0 Å². The second-order valence-electron chi connectivity index (χ2n) is 6.63. The monoisotopic (exact) mass is 422 g/mol. The van der Waals surface area contributed by atoms with Crippen LogP contribution in [0.5, 0.6) is 5.75 Å². The summed E-state index contributed by atoms with van der Waals surface area (Å²) >= 11 is 1.07. The van der Waals surface area contributed by atoms with Gasteiger partial charge in [-0.3, -0.25) is 10.1 Å². The first kappa shape index (κ1) is 20.4. The second-order valence-corrected chi connectivity index (χ2v) is 7.58. The molecule has 13 heteroatoms. The minimum absolute atomic E-state index is 0.0108. The standard InChI is InChI=1S/C16H18N6O6S/c1-8-4-5-18-22(8)15-21-20-14(29-15)19-12(23)10-6-9(17-7-16(2,3)25)11(28-26)13(24)27-10/h4-6,17,25-26H,7H2,1-3H3,(H,19,20,23). The van der Waals surface area contributed by atoms with Crippen LogP contribution in [-0.4, -0.2) is 48.4 Å². The number of nitrogens with zero attached hydrogens (tertiary/aromatic N) is 4. The number of aromatic nitrogens is 4. The maximum absolute atomic E-state index is 12.5. The summed E-state index contributed by atoms with van der Waals surface area (Å²) in [5.41, 5.74) is -1.39. The number of anilines is 2. The molecule has 0 spiro atoms. The lowest BCUT2D eigenvalue weighted by molar-refractivity contribution is -0.139. The Kier molecular flexibility index (Phi) is 5.63. The Morgan fingerprint density at radius 3 is 2.79 bits per heavy atom. The largest absolute Gasteiger partial charge is 0.415 e. The molecule has 0 aliphatic carbocycles. The number of aryl methyl sites for hydroxylation is 1. The summed E-state index contributed by atoms with van der Waals surface area (Å²) in [5.74, 6) is -1.67. The zero-order valence-electron chi connectivity index (χ0n) is 15.7. The summed E-state index contributed by atoms with van der Waals surface area (Å²) in [4.78, 5) is 28.5. The van der Waals surface area contributed by atoms with E-state index in [0.717, 1.165) is 23.1 Å². The molecule has 0 bridgehead atoms. The Morgan fingerprint density at radius 1 is 1.41 bits per heavy atom. The first-order chi connectivity index (χ1) is 13.7. The van der Waals surface area contributed by atoms with Gasteiger partial charge in [0.05, 0.1) is 11.3 Å². The van der Waals surface area contributed by atoms with Crippen LogP contribution in [0.25, 0.3) is 5.13 Å². The van der Waals surface area contributed by atoms with E-state index in [4.69, 9.17) is 9.67 Å². The third-order valence-electron chi connectivity index (χ3n) is 3.58. The van der Waals surface area contributed by atoms with Gasteiger partial charge in [0, 0.05) is 24.5 Å². The number of hydrogen-bond donors (Lipinski definition) is 4. The molecule has 0 atom stereocenters. The van der Waals surface area contributed by atoms with E-state index in [2.05, 4.69) is 30.8 Å². The Bertz CT molecular complexity index is 1080. The van der Waals surface area contributed by atoms with Gasteiger partial charge in [-0.25, -0.2) is 14.7 Å². The molecule has 0 radical (unpaired) electrons. The quantitative estimate of drug-likeness (QED) is 0.322. The van der Waals surface area contributed by atoms with Crippen LogP contribution in [0.4, 0.5) is 10.8 Å². The molecule has 3 rings (SSSR count). The molecule has 0 unspecified atom stereocenters. The van der Waals surface area contributed by atoms with E-state index >= 15 is 0 Å². The maximum atomic E-state index is 12.5. The molecule has 0 saturated carbocycles. The zero-order valence-corrected chi connectivity index (χ0v) is 16.5. The molecule has 0 aliphatic rings. The SMILES string of the molecule is Cc1ccnn1-c1nnc(NC(=O)c2cc(NCC(C)(C)O)c(OO)c(=O)o2)s1. The van der Waals surface area contributed by atoms with Gasteiger partial charge < -0.3 is 19.7 Å². The molecule has 0 aliphatic heterocycles. The summed E-state index contributed by atoms with van der Waals surface area (Å²) in [6.45, 7) is 4.92. The first-order valence-electron chi connectivity index (χ1n) is 8.29. The van der Waals surface area contributed by atoms with Gasteiger partial charge >= 0.3 is 5.63 Å². The van der Waals surface area contributed by atoms with Crippen molar-refractivity contribution in [1.82, 2.24) is 20.0 Å². The van der Waals surface area contributed by atoms with Crippen LogP contribution in [0.2, 0.25) is 0 Å². The molecule has 1 amide bonds. The van der Waals surface area contributed by atoms with E-state index < -0.39 is 22.9 Å². The Balaban J connectivity index is 1.82. The van der Waals surface area contributed by atoms with Crippen molar-refractivity contribution < 1.29 is 24.5 Å². The summed E-state index contributed by atoms with van der Waals surface area (Å²) in [5, 5.41) is 36.5. The van der Waals surface area contributed by atoms with Gasteiger partial charge in [0.1, 0.15) is 0 Å². The fraction of sp³-hybridized carbons (Fsp3) is 0.312. The number of amides is 1. The molecule has 0 aromatic carbocycles. The fourth-order valence-electron chi connectivity index (χ4n) is 2.20. The normalized spacial score (nSPS) is 11.3. The smallest absolute Gasteiger partial charge is 0.385 e. The fourth-order valence-corrected chi connectivity index (χ4v) is 2.96. The van der Waals surface area contributed by atoms with Gasteiger partial charge in [0.2, 0.25) is 10.3 Å².